The van der Waals surface area contributed by atoms with Crippen molar-refractivity contribution in [2.24, 2.45) is 5.92 Å². The summed E-state index contributed by atoms with van der Waals surface area (Å²) in [5.74, 6) is 0.205. The zero-order chi connectivity index (χ0) is 17.9. The minimum Gasteiger partial charge on any atom is -0.467 e. The van der Waals surface area contributed by atoms with E-state index in [1.54, 1.807) is 34.8 Å². The van der Waals surface area contributed by atoms with E-state index in [2.05, 4.69) is 10.3 Å². The van der Waals surface area contributed by atoms with Gasteiger partial charge in [0, 0.05) is 35.8 Å². The van der Waals surface area contributed by atoms with Crippen molar-refractivity contribution in [1.29, 1.82) is 0 Å². The minimum absolute atomic E-state index is 0.0272. The molecule has 1 fully saturated rings. The molecule has 0 bridgehead atoms. The number of benzene rings is 1. The quantitative estimate of drug-likeness (QED) is 0.750. The van der Waals surface area contributed by atoms with Crippen LogP contribution in [0, 0.1) is 5.92 Å². The molecule has 0 radical (unpaired) electrons. The second-order valence-corrected chi connectivity index (χ2v) is 7.05. The molecule has 1 saturated heterocycles. The molecule has 1 N–H and O–H groups in total. The Labute approximate surface area is 154 Å². The van der Waals surface area contributed by atoms with Crippen LogP contribution in [0.2, 0.25) is 0 Å². The Balaban J connectivity index is 1.37. The van der Waals surface area contributed by atoms with Crippen LogP contribution in [0.4, 0.5) is 5.69 Å². The van der Waals surface area contributed by atoms with Gasteiger partial charge in [-0.15, -0.1) is 11.3 Å². The van der Waals surface area contributed by atoms with Gasteiger partial charge in [-0.25, -0.2) is 4.98 Å². The third kappa shape index (κ3) is 3.52. The second kappa shape index (κ2) is 7.13. The van der Waals surface area contributed by atoms with E-state index in [1.807, 2.05) is 35.7 Å². The predicted octanol–water partition coefficient (Wildman–Crippen LogP) is 3.39. The summed E-state index contributed by atoms with van der Waals surface area (Å²) < 4.78 is 5.28. The van der Waals surface area contributed by atoms with Crippen molar-refractivity contribution >= 4 is 28.8 Å². The number of thiazole rings is 1. The maximum absolute atomic E-state index is 12.5. The van der Waals surface area contributed by atoms with Crippen LogP contribution in [0.5, 0.6) is 0 Å². The van der Waals surface area contributed by atoms with E-state index in [9.17, 15) is 9.59 Å². The highest BCUT2D eigenvalue weighted by atomic mass is 32.1. The van der Waals surface area contributed by atoms with E-state index >= 15 is 0 Å². The zero-order valence-corrected chi connectivity index (χ0v) is 14.7. The van der Waals surface area contributed by atoms with Gasteiger partial charge in [0.25, 0.3) is 0 Å². The molecule has 132 valence electrons. The smallest absolute Gasteiger partial charge is 0.229 e. The van der Waals surface area contributed by atoms with Crippen molar-refractivity contribution < 1.29 is 14.0 Å². The average Bonchev–Trinajstić information content (AvgIpc) is 3.39. The van der Waals surface area contributed by atoms with Crippen LogP contribution in [-0.2, 0) is 16.1 Å². The normalized spacial score (nSPS) is 16.8. The van der Waals surface area contributed by atoms with Gasteiger partial charge in [-0.05, 0) is 36.4 Å². The fourth-order valence-corrected chi connectivity index (χ4v) is 3.64. The molecule has 7 heteroatoms. The number of anilines is 1. The lowest BCUT2D eigenvalue weighted by molar-refractivity contribution is -0.128. The molecule has 26 heavy (non-hydrogen) atoms. The van der Waals surface area contributed by atoms with Crippen molar-refractivity contribution in [3.05, 3.63) is 60.0 Å². The number of hydrogen-bond donors (Lipinski definition) is 1. The van der Waals surface area contributed by atoms with E-state index in [0.29, 0.717) is 18.8 Å². The van der Waals surface area contributed by atoms with Gasteiger partial charge < -0.3 is 14.6 Å². The Morgan fingerprint density at radius 3 is 2.85 bits per heavy atom. The van der Waals surface area contributed by atoms with E-state index in [4.69, 9.17) is 4.42 Å². The highest BCUT2D eigenvalue weighted by molar-refractivity contribution is 7.13. The largest absolute Gasteiger partial charge is 0.467 e. The maximum Gasteiger partial charge on any atom is 0.229 e. The number of nitrogens with one attached hydrogen (secondary N) is 1. The average molecular weight is 367 g/mol. The predicted molar refractivity (Wildman–Crippen MR) is 98.4 cm³/mol. The van der Waals surface area contributed by atoms with Crippen LogP contribution in [0.25, 0.3) is 10.6 Å². The summed E-state index contributed by atoms with van der Waals surface area (Å²) in [5, 5.41) is 5.77. The summed E-state index contributed by atoms with van der Waals surface area (Å²) in [7, 11) is 0. The lowest BCUT2D eigenvalue weighted by atomic mass is 10.1. The Kier molecular flexibility index (Phi) is 4.53. The van der Waals surface area contributed by atoms with Crippen molar-refractivity contribution in [2.45, 2.75) is 13.0 Å². The van der Waals surface area contributed by atoms with E-state index in [0.717, 1.165) is 16.3 Å². The van der Waals surface area contributed by atoms with Crippen molar-refractivity contribution in [3.8, 4) is 10.6 Å². The Morgan fingerprint density at radius 2 is 2.15 bits per heavy atom. The summed E-state index contributed by atoms with van der Waals surface area (Å²) in [5.41, 5.74) is 1.73. The Bertz CT molecular complexity index is 889. The molecule has 1 aliphatic heterocycles. The number of aromatic nitrogens is 1. The van der Waals surface area contributed by atoms with Gasteiger partial charge >= 0.3 is 0 Å². The number of hydrogen-bond acceptors (Lipinski definition) is 5. The first-order valence-corrected chi connectivity index (χ1v) is 9.18. The standard InChI is InChI=1S/C19H17N3O3S/c23-17-10-14(11-22(17)12-16-2-1-8-25-16)18(24)21-15-5-3-13(4-6-15)19-20-7-9-26-19/h1-9,14H,10-12H2,(H,21,24)/t14-/m1/s1. The van der Waals surface area contributed by atoms with Crippen molar-refractivity contribution in [2.75, 3.05) is 11.9 Å². The summed E-state index contributed by atoms with van der Waals surface area (Å²) >= 11 is 1.57. The number of furan rings is 1. The van der Waals surface area contributed by atoms with Crippen molar-refractivity contribution in [3.63, 3.8) is 0 Å². The molecule has 6 nitrogen and oxygen atoms in total. The zero-order valence-electron chi connectivity index (χ0n) is 13.9. The number of carbonyl (C=O) groups excluding carboxylic acids is 2. The van der Waals surface area contributed by atoms with E-state index in [-0.39, 0.29) is 24.2 Å². The molecule has 1 atom stereocenters. The molecule has 1 aromatic carbocycles. The summed E-state index contributed by atoms with van der Waals surface area (Å²) in [6.45, 7) is 0.806. The van der Waals surface area contributed by atoms with Crippen LogP contribution < -0.4 is 5.32 Å². The fraction of sp³-hybridized carbons (Fsp3) is 0.211. The molecule has 4 rings (SSSR count). The molecule has 0 unspecified atom stereocenters. The molecule has 2 aromatic heterocycles. The molecule has 0 saturated carbocycles. The third-order valence-corrected chi connectivity index (χ3v) is 5.17. The third-order valence-electron chi connectivity index (χ3n) is 4.34. The molecule has 2 amide bonds. The highest BCUT2D eigenvalue weighted by Crippen LogP contribution is 2.25. The lowest BCUT2D eigenvalue weighted by Gasteiger charge is -2.15. The lowest BCUT2D eigenvalue weighted by Crippen LogP contribution is -2.27. The molecular formula is C19H17N3O3S. The van der Waals surface area contributed by atoms with E-state index in [1.165, 1.54) is 0 Å². The molecule has 3 heterocycles. The van der Waals surface area contributed by atoms with Gasteiger partial charge in [0.1, 0.15) is 10.8 Å². The molecular weight excluding hydrogens is 350 g/mol. The summed E-state index contributed by atoms with van der Waals surface area (Å²) in [6.07, 6.45) is 3.57. The first-order chi connectivity index (χ1) is 12.7. The number of nitrogens with zero attached hydrogens (tertiary/aromatic N) is 2. The highest BCUT2D eigenvalue weighted by Gasteiger charge is 2.34. The van der Waals surface area contributed by atoms with Crippen LogP contribution >= 0.6 is 11.3 Å². The SMILES string of the molecule is O=C(Nc1ccc(-c2nccs2)cc1)[C@@H]1CC(=O)N(Cc2ccco2)C1. The molecule has 3 aromatic rings. The van der Waals surface area contributed by atoms with E-state index < -0.39 is 0 Å². The molecule has 1 aliphatic rings. The van der Waals surface area contributed by atoms with Crippen LogP contribution in [0.3, 0.4) is 0 Å². The first kappa shape index (κ1) is 16.5. The van der Waals surface area contributed by atoms with Gasteiger partial charge in [0.2, 0.25) is 11.8 Å². The molecule has 0 aliphatic carbocycles. The van der Waals surface area contributed by atoms with Crippen LogP contribution in [0.1, 0.15) is 12.2 Å². The number of carbonyl (C=O) groups is 2. The number of likely N-dealkylation sites (tertiary alicyclic amines) is 1. The molecule has 0 spiro atoms. The monoisotopic (exact) mass is 367 g/mol. The minimum atomic E-state index is -0.351. The van der Waals surface area contributed by atoms with Gasteiger partial charge in [-0.2, -0.15) is 0 Å². The summed E-state index contributed by atoms with van der Waals surface area (Å²) in [4.78, 5) is 30.6. The summed E-state index contributed by atoms with van der Waals surface area (Å²) in [6, 6.07) is 11.2. The van der Waals surface area contributed by atoms with Gasteiger partial charge in [-0.1, -0.05) is 0 Å². The van der Waals surface area contributed by atoms with Crippen molar-refractivity contribution in [1.82, 2.24) is 9.88 Å². The number of amides is 2. The fourth-order valence-electron chi connectivity index (χ4n) is 3.00. The first-order valence-electron chi connectivity index (χ1n) is 8.30. The van der Waals surface area contributed by atoms with Gasteiger partial charge in [-0.3, -0.25) is 9.59 Å². The topological polar surface area (TPSA) is 75.4 Å². The Morgan fingerprint density at radius 1 is 1.31 bits per heavy atom. The van der Waals surface area contributed by atoms with Gasteiger partial charge in [0.05, 0.1) is 18.7 Å². The maximum atomic E-state index is 12.5. The van der Waals surface area contributed by atoms with Crippen LogP contribution in [0.15, 0.2) is 58.7 Å². The Hall–Kier alpha value is -2.93. The number of rotatable bonds is 5. The second-order valence-electron chi connectivity index (χ2n) is 6.16. The van der Waals surface area contributed by atoms with Crippen LogP contribution in [-0.4, -0.2) is 28.2 Å². The van der Waals surface area contributed by atoms with Gasteiger partial charge in [0.15, 0.2) is 0 Å².